The number of rotatable bonds is 9. The van der Waals surface area contributed by atoms with Gasteiger partial charge in [0.25, 0.3) is 5.91 Å². The van der Waals surface area contributed by atoms with Gasteiger partial charge in [-0.25, -0.2) is 9.67 Å². The zero-order chi connectivity index (χ0) is 29.3. The minimum atomic E-state index is -4.29. The Labute approximate surface area is 243 Å². The number of methoxy groups -OCH3 is 1. The third-order valence-corrected chi connectivity index (χ3v) is 10.3. The molecule has 0 spiro atoms. The summed E-state index contributed by atoms with van der Waals surface area (Å²) in [5.74, 6) is 1.56. The van der Waals surface area contributed by atoms with Crippen molar-refractivity contribution >= 4 is 33.2 Å². The van der Waals surface area contributed by atoms with Gasteiger partial charge in [-0.3, -0.25) is 9.52 Å². The molecule has 0 radical (unpaired) electrons. The smallest absolute Gasteiger partial charge is 0.397 e. The summed E-state index contributed by atoms with van der Waals surface area (Å²) in [6.07, 6.45) is -1.55. The second-order valence-corrected chi connectivity index (χ2v) is 14.2. The van der Waals surface area contributed by atoms with Crippen LogP contribution in [-0.4, -0.2) is 62.2 Å². The van der Waals surface area contributed by atoms with E-state index in [1.165, 1.54) is 28.7 Å². The molecule has 1 aliphatic carbocycles. The Morgan fingerprint density at radius 2 is 1.85 bits per heavy atom. The number of amides is 1. The average molecular weight is 606 g/mol. The predicted molar refractivity (Wildman–Crippen MR) is 155 cm³/mol. The zero-order valence-electron chi connectivity index (χ0n) is 23.3. The molecule has 0 atom stereocenters. The topological polar surface area (TPSA) is 81.5 Å². The highest BCUT2D eigenvalue weighted by atomic mass is 32.2. The van der Waals surface area contributed by atoms with E-state index < -0.39 is 18.2 Å². The largest absolute Gasteiger partial charge is 0.497 e. The van der Waals surface area contributed by atoms with Gasteiger partial charge < -0.3 is 14.4 Å². The van der Waals surface area contributed by atoms with Crippen LogP contribution in [0.4, 0.5) is 19.0 Å². The Bertz CT molecular complexity index is 1380. The van der Waals surface area contributed by atoms with Crippen molar-refractivity contribution in [3.8, 4) is 17.4 Å². The van der Waals surface area contributed by atoms with E-state index in [2.05, 4.69) is 28.6 Å². The third-order valence-electron chi connectivity index (χ3n) is 7.83. The number of benzene rings is 1. The highest BCUT2D eigenvalue weighted by molar-refractivity contribution is 7.98. The van der Waals surface area contributed by atoms with Gasteiger partial charge in [0.15, 0.2) is 5.82 Å². The molecule has 8 nitrogen and oxygen atoms in total. The molecule has 0 bridgehead atoms. The van der Waals surface area contributed by atoms with Crippen molar-refractivity contribution < 1.29 is 27.4 Å². The highest BCUT2D eigenvalue weighted by Gasteiger charge is 2.64. The number of hydrogen-bond donors (Lipinski definition) is 1. The van der Waals surface area contributed by atoms with Crippen molar-refractivity contribution in [3.63, 3.8) is 0 Å². The Morgan fingerprint density at radius 3 is 2.54 bits per heavy atom. The van der Waals surface area contributed by atoms with Gasteiger partial charge in [0.05, 0.1) is 12.7 Å². The highest BCUT2D eigenvalue weighted by Crippen LogP contribution is 2.57. The Hall–Kier alpha value is -3.19. The van der Waals surface area contributed by atoms with Crippen LogP contribution in [0.1, 0.15) is 43.5 Å². The molecule has 1 saturated heterocycles. The molecule has 1 amide bonds. The first-order valence-corrected chi connectivity index (χ1v) is 16.5. The first kappa shape index (κ1) is 29.3. The molecule has 13 heteroatoms. The molecular formula is C28H34F3N5O3SSi. The van der Waals surface area contributed by atoms with Crippen molar-refractivity contribution in [1.82, 2.24) is 19.5 Å². The summed E-state index contributed by atoms with van der Waals surface area (Å²) >= 11 is 1.21. The fraction of sp³-hybridized carbons (Fsp3) is 0.464. The molecule has 2 aliphatic rings. The minimum absolute atomic E-state index is 0.0663. The predicted octanol–water partition coefficient (Wildman–Crippen LogP) is 5.43. The number of halogens is 3. The van der Waals surface area contributed by atoms with Gasteiger partial charge in [-0.05, 0) is 87.5 Å². The van der Waals surface area contributed by atoms with Crippen molar-refractivity contribution in [2.75, 3.05) is 25.2 Å². The fourth-order valence-electron chi connectivity index (χ4n) is 4.97. The summed E-state index contributed by atoms with van der Waals surface area (Å²) < 4.78 is 55.0. The number of ether oxygens (including phenoxy) is 2. The van der Waals surface area contributed by atoms with E-state index >= 15 is 0 Å². The van der Waals surface area contributed by atoms with Gasteiger partial charge in [0.1, 0.15) is 23.6 Å². The average Bonchev–Trinajstić information content (AvgIpc) is 3.66. The molecule has 5 rings (SSSR count). The molecule has 1 N–H and O–H groups in total. The Morgan fingerprint density at radius 1 is 1.10 bits per heavy atom. The van der Waals surface area contributed by atoms with E-state index in [1.807, 2.05) is 24.3 Å². The minimum Gasteiger partial charge on any atom is -0.497 e. The van der Waals surface area contributed by atoms with Crippen LogP contribution in [0.5, 0.6) is 11.6 Å². The van der Waals surface area contributed by atoms with E-state index in [-0.39, 0.29) is 39.7 Å². The molecule has 1 aliphatic heterocycles. The van der Waals surface area contributed by atoms with Crippen LogP contribution >= 0.6 is 11.9 Å². The third kappa shape index (κ3) is 6.50. The maximum atomic E-state index is 13.5. The van der Waals surface area contributed by atoms with Crippen LogP contribution in [0.3, 0.4) is 0 Å². The first-order valence-electron chi connectivity index (χ1n) is 13.7. The number of hydrogen-bond acceptors (Lipinski definition) is 7. The lowest BCUT2D eigenvalue weighted by molar-refractivity contribution is -0.194. The van der Waals surface area contributed by atoms with E-state index in [0.29, 0.717) is 17.2 Å². The van der Waals surface area contributed by atoms with Gasteiger partial charge in [-0.1, -0.05) is 6.04 Å². The van der Waals surface area contributed by atoms with Crippen molar-refractivity contribution in [2.24, 2.45) is 5.41 Å². The monoisotopic (exact) mass is 605 g/mol. The van der Waals surface area contributed by atoms with Gasteiger partial charge in [-0.2, -0.15) is 13.2 Å². The van der Waals surface area contributed by atoms with Crippen molar-refractivity contribution in [1.29, 1.82) is 0 Å². The maximum Gasteiger partial charge on any atom is 0.397 e. The van der Waals surface area contributed by atoms with E-state index in [1.54, 1.807) is 25.4 Å². The number of carbonyl (C=O) groups is 1. The van der Waals surface area contributed by atoms with Crippen LogP contribution in [0.15, 0.2) is 53.6 Å². The fourth-order valence-corrected chi connectivity index (χ4v) is 7.57. The number of pyridine rings is 1. The van der Waals surface area contributed by atoms with Gasteiger partial charge in [0, 0.05) is 38.8 Å². The molecule has 1 aromatic carbocycles. The lowest BCUT2D eigenvalue weighted by Gasteiger charge is -2.39. The summed E-state index contributed by atoms with van der Waals surface area (Å²) in [6, 6.07) is 14.7. The summed E-state index contributed by atoms with van der Waals surface area (Å²) in [5, 5.41) is 4.34. The molecule has 2 aromatic heterocycles. The summed E-state index contributed by atoms with van der Waals surface area (Å²) in [5.41, 5.74) is -1.54. The number of nitrogens with one attached hydrogen (secondary N) is 1. The van der Waals surface area contributed by atoms with E-state index in [0.717, 1.165) is 29.7 Å². The Balaban J connectivity index is 1.39. The molecule has 2 fully saturated rings. The van der Waals surface area contributed by atoms with Gasteiger partial charge in [-0.15, -0.1) is 5.10 Å². The first-order chi connectivity index (χ1) is 19.5. The van der Waals surface area contributed by atoms with Crippen LogP contribution in [0.2, 0.25) is 12.1 Å². The molecule has 1 saturated carbocycles. The van der Waals surface area contributed by atoms with Gasteiger partial charge >= 0.3 is 6.18 Å². The summed E-state index contributed by atoms with van der Waals surface area (Å²) in [6.45, 7) is 4.68. The van der Waals surface area contributed by atoms with Crippen LogP contribution in [0.25, 0.3) is 5.82 Å². The second kappa shape index (κ2) is 11.6. The molecular weight excluding hydrogens is 571 g/mol. The molecule has 41 heavy (non-hydrogen) atoms. The second-order valence-electron chi connectivity index (χ2n) is 11.2. The lowest BCUT2D eigenvalue weighted by Crippen LogP contribution is -2.45. The quantitative estimate of drug-likeness (QED) is 0.257. The molecule has 3 heterocycles. The standard InChI is InChI=1S/C28H34F3N5O3SSi/c1-26(2)13-16-41-17-15-35(26)24-21(25(37)34-40-20-6-4-19(38-3)5-7-20)8-9-22(32-24)36-14-10-23(33-36)39-18-27(11-12-27)28(29,30)31/h4-10,14H,11-13,15-18,41H2,1-3H3,(H,34,37). The summed E-state index contributed by atoms with van der Waals surface area (Å²) in [4.78, 5) is 21.4. The molecule has 220 valence electrons. The Kier molecular flexibility index (Phi) is 8.28. The number of nitrogens with zero attached hydrogens (tertiary/aromatic N) is 4. The number of carbonyl (C=O) groups excluding carboxylic acids is 1. The number of aromatic nitrogens is 3. The maximum absolute atomic E-state index is 13.5. The van der Waals surface area contributed by atoms with Crippen LogP contribution < -0.4 is 19.1 Å². The van der Waals surface area contributed by atoms with E-state index in [9.17, 15) is 18.0 Å². The zero-order valence-corrected chi connectivity index (χ0v) is 25.6. The number of anilines is 1. The SMILES string of the molecule is COc1ccc(SNC(=O)c2ccc(-n3ccc(OCC4(C(F)(F)F)CC4)n3)nc2N2CC[SiH2]CCC2(C)C)cc1. The van der Waals surface area contributed by atoms with Crippen molar-refractivity contribution in [3.05, 3.63) is 54.2 Å². The van der Waals surface area contributed by atoms with Crippen LogP contribution in [0, 0.1) is 5.41 Å². The van der Waals surface area contributed by atoms with Crippen molar-refractivity contribution in [2.45, 2.75) is 61.8 Å². The van der Waals surface area contributed by atoms with Gasteiger partial charge in [0.2, 0.25) is 5.88 Å². The van der Waals surface area contributed by atoms with E-state index in [4.69, 9.17) is 14.5 Å². The van der Waals surface area contributed by atoms with Crippen LogP contribution in [-0.2, 0) is 0 Å². The number of alkyl halides is 3. The molecule has 3 aromatic rings. The normalized spacial score (nSPS) is 18.5. The lowest BCUT2D eigenvalue weighted by atomic mass is 9.98. The summed E-state index contributed by atoms with van der Waals surface area (Å²) in [7, 11) is 1.41. The molecule has 0 unspecified atom stereocenters.